The van der Waals surface area contributed by atoms with E-state index in [-0.39, 0.29) is 29.8 Å². The third-order valence-electron chi connectivity index (χ3n) is 6.22. The molecule has 156 valence electrons. The van der Waals surface area contributed by atoms with E-state index >= 15 is 0 Å². The summed E-state index contributed by atoms with van der Waals surface area (Å²) in [5.41, 5.74) is -0.901. The Morgan fingerprint density at radius 3 is 1.96 bits per heavy atom. The van der Waals surface area contributed by atoms with Crippen LogP contribution in [0.25, 0.3) is 0 Å². The van der Waals surface area contributed by atoms with Crippen molar-refractivity contribution in [3.05, 3.63) is 0 Å². The normalized spacial score (nSPS) is 24.4. The standard InChI is InChI=1S/C21H40BNO4/c1-16(2)14-21(15-22-26-19(6,7)20(8,9)27-22)10-12-23(13-11-21)17(24)25-18(3,4)5/h16H,10-15H2,1-9H3. The van der Waals surface area contributed by atoms with Gasteiger partial charge in [0.25, 0.3) is 0 Å². The maximum Gasteiger partial charge on any atom is 0.458 e. The van der Waals surface area contributed by atoms with Crippen LogP contribution in [0.1, 0.15) is 81.6 Å². The van der Waals surface area contributed by atoms with Crippen molar-refractivity contribution in [1.82, 2.24) is 4.90 Å². The van der Waals surface area contributed by atoms with Crippen LogP contribution in [-0.4, -0.2) is 48.0 Å². The summed E-state index contributed by atoms with van der Waals surface area (Å²) in [4.78, 5) is 14.3. The summed E-state index contributed by atoms with van der Waals surface area (Å²) in [6.07, 6.45) is 3.75. The van der Waals surface area contributed by atoms with Crippen molar-refractivity contribution in [1.29, 1.82) is 0 Å². The summed E-state index contributed by atoms with van der Waals surface area (Å²) in [6.45, 7) is 20.2. The van der Waals surface area contributed by atoms with Crippen molar-refractivity contribution in [3.63, 3.8) is 0 Å². The van der Waals surface area contributed by atoms with E-state index in [1.165, 1.54) is 0 Å². The van der Waals surface area contributed by atoms with Crippen LogP contribution in [0.3, 0.4) is 0 Å². The number of amides is 1. The molecule has 0 aromatic heterocycles. The molecule has 2 aliphatic rings. The number of hydrogen-bond donors (Lipinski definition) is 0. The van der Waals surface area contributed by atoms with Crippen LogP contribution in [0.15, 0.2) is 0 Å². The zero-order valence-corrected chi connectivity index (χ0v) is 19.0. The Labute approximate surface area is 166 Å². The summed E-state index contributed by atoms with van der Waals surface area (Å²) < 4.78 is 18.1. The Balaban J connectivity index is 2.04. The second-order valence-electron chi connectivity index (χ2n) is 11.0. The minimum atomic E-state index is -0.452. The molecule has 2 saturated heterocycles. The maximum atomic E-state index is 12.4. The van der Waals surface area contributed by atoms with E-state index in [1.54, 1.807) is 0 Å². The molecule has 6 heteroatoms. The predicted octanol–water partition coefficient (Wildman–Crippen LogP) is 5.14. The number of rotatable bonds is 4. The summed E-state index contributed by atoms with van der Waals surface area (Å²) in [7, 11) is -0.179. The Morgan fingerprint density at radius 1 is 1.07 bits per heavy atom. The molecule has 0 saturated carbocycles. The Hall–Kier alpha value is -0.745. The molecule has 2 rings (SSSR count). The van der Waals surface area contributed by atoms with Gasteiger partial charge in [0.15, 0.2) is 0 Å². The van der Waals surface area contributed by atoms with Gasteiger partial charge in [0.05, 0.1) is 11.2 Å². The number of carbonyl (C=O) groups excluding carboxylic acids is 1. The molecule has 27 heavy (non-hydrogen) atoms. The largest absolute Gasteiger partial charge is 0.458 e. The van der Waals surface area contributed by atoms with Gasteiger partial charge in [0, 0.05) is 13.1 Å². The molecular weight excluding hydrogens is 341 g/mol. The van der Waals surface area contributed by atoms with Gasteiger partial charge < -0.3 is 18.9 Å². The number of piperidine rings is 1. The minimum absolute atomic E-state index is 0.147. The number of ether oxygens (including phenoxy) is 1. The topological polar surface area (TPSA) is 48.0 Å². The first kappa shape index (κ1) is 22.5. The minimum Gasteiger partial charge on any atom is -0.444 e. The number of carbonyl (C=O) groups is 1. The summed E-state index contributed by atoms with van der Waals surface area (Å²) in [6, 6.07) is 0. The average molecular weight is 381 g/mol. The Morgan fingerprint density at radius 2 is 1.56 bits per heavy atom. The van der Waals surface area contributed by atoms with Crippen molar-refractivity contribution in [2.45, 2.75) is 105 Å². The van der Waals surface area contributed by atoms with Crippen LogP contribution in [0, 0.1) is 11.3 Å². The van der Waals surface area contributed by atoms with Gasteiger partial charge in [-0.2, -0.15) is 0 Å². The van der Waals surface area contributed by atoms with E-state index in [9.17, 15) is 4.79 Å². The van der Waals surface area contributed by atoms with Gasteiger partial charge in [-0.15, -0.1) is 0 Å². The van der Waals surface area contributed by atoms with Gasteiger partial charge in [-0.1, -0.05) is 13.8 Å². The fourth-order valence-corrected chi connectivity index (χ4v) is 4.25. The Bertz CT molecular complexity index is 515. The van der Waals surface area contributed by atoms with Crippen LogP contribution < -0.4 is 0 Å². The quantitative estimate of drug-likeness (QED) is 0.633. The summed E-state index contributed by atoms with van der Waals surface area (Å²) in [5.74, 6) is 0.598. The Kier molecular flexibility index (Phi) is 6.33. The molecule has 0 unspecified atom stereocenters. The molecule has 0 N–H and O–H groups in total. The molecule has 2 aliphatic heterocycles. The zero-order valence-electron chi connectivity index (χ0n) is 19.0. The van der Waals surface area contributed by atoms with Crippen molar-refractivity contribution >= 4 is 13.2 Å². The van der Waals surface area contributed by atoms with Gasteiger partial charge in [-0.05, 0) is 85.4 Å². The molecule has 0 radical (unpaired) electrons. The third kappa shape index (κ3) is 5.63. The molecule has 0 aliphatic carbocycles. The van der Waals surface area contributed by atoms with Crippen LogP contribution in [0.2, 0.25) is 6.32 Å². The summed E-state index contributed by atoms with van der Waals surface area (Å²) in [5, 5.41) is 0. The lowest BCUT2D eigenvalue weighted by Gasteiger charge is -2.43. The molecule has 1 amide bonds. The molecule has 0 atom stereocenters. The molecular formula is C21H40BNO4. The zero-order chi connectivity index (χ0) is 20.7. The first-order valence-electron chi connectivity index (χ1n) is 10.5. The first-order valence-corrected chi connectivity index (χ1v) is 10.5. The maximum absolute atomic E-state index is 12.4. The summed E-state index contributed by atoms with van der Waals surface area (Å²) >= 11 is 0. The predicted molar refractivity (Wildman–Crippen MR) is 110 cm³/mol. The van der Waals surface area contributed by atoms with Crippen molar-refractivity contribution in [2.24, 2.45) is 11.3 Å². The van der Waals surface area contributed by atoms with Gasteiger partial charge in [0.1, 0.15) is 5.60 Å². The highest BCUT2D eigenvalue weighted by atomic mass is 16.7. The van der Waals surface area contributed by atoms with E-state index in [1.807, 2.05) is 25.7 Å². The van der Waals surface area contributed by atoms with Crippen molar-refractivity contribution < 1.29 is 18.8 Å². The number of hydrogen-bond acceptors (Lipinski definition) is 4. The molecule has 0 aromatic carbocycles. The first-order chi connectivity index (χ1) is 12.1. The smallest absolute Gasteiger partial charge is 0.444 e. The van der Waals surface area contributed by atoms with Crippen molar-refractivity contribution in [3.8, 4) is 0 Å². The lowest BCUT2D eigenvalue weighted by atomic mass is 9.60. The van der Waals surface area contributed by atoms with Gasteiger partial charge in [-0.25, -0.2) is 4.79 Å². The second kappa shape index (κ2) is 7.59. The number of likely N-dealkylation sites (tertiary alicyclic amines) is 1. The fraction of sp³-hybridized carbons (Fsp3) is 0.952. The van der Waals surface area contributed by atoms with Gasteiger partial charge in [-0.3, -0.25) is 0 Å². The van der Waals surface area contributed by atoms with E-state index in [0.717, 1.165) is 38.7 Å². The third-order valence-corrected chi connectivity index (χ3v) is 6.22. The highest BCUT2D eigenvalue weighted by molar-refractivity contribution is 6.45. The van der Waals surface area contributed by atoms with E-state index < -0.39 is 5.60 Å². The fourth-order valence-electron chi connectivity index (χ4n) is 4.25. The lowest BCUT2D eigenvalue weighted by molar-refractivity contribution is 0.00578. The van der Waals surface area contributed by atoms with Gasteiger partial charge >= 0.3 is 13.2 Å². The second-order valence-corrected chi connectivity index (χ2v) is 11.0. The highest BCUT2D eigenvalue weighted by Crippen LogP contribution is 2.46. The van der Waals surface area contributed by atoms with E-state index in [2.05, 4.69) is 41.5 Å². The highest BCUT2D eigenvalue weighted by Gasteiger charge is 2.53. The molecule has 2 heterocycles. The lowest BCUT2D eigenvalue weighted by Crippen LogP contribution is -2.47. The molecule has 5 nitrogen and oxygen atoms in total. The number of nitrogens with zero attached hydrogens (tertiary/aromatic N) is 1. The van der Waals surface area contributed by atoms with Crippen LogP contribution >= 0.6 is 0 Å². The monoisotopic (exact) mass is 381 g/mol. The van der Waals surface area contributed by atoms with Crippen LogP contribution in [0.5, 0.6) is 0 Å². The van der Waals surface area contributed by atoms with E-state index in [0.29, 0.717) is 5.92 Å². The van der Waals surface area contributed by atoms with Crippen LogP contribution in [-0.2, 0) is 14.0 Å². The van der Waals surface area contributed by atoms with Crippen molar-refractivity contribution in [2.75, 3.05) is 13.1 Å². The molecule has 0 aromatic rings. The van der Waals surface area contributed by atoms with Crippen LogP contribution in [0.4, 0.5) is 4.79 Å². The molecule has 2 fully saturated rings. The molecule has 0 spiro atoms. The van der Waals surface area contributed by atoms with Gasteiger partial charge in [0.2, 0.25) is 0 Å². The SMILES string of the molecule is CC(C)CC1(CB2OC(C)(C)C(C)(C)O2)CCN(C(=O)OC(C)(C)C)CC1. The van der Waals surface area contributed by atoms with E-state index in [4.69, 9.17) is 14.0 Å². The average Bonchev–Trinajstić information content (AvgIpc) is 2.63. The molecule has 0 bridgehead atoms.